The summed E-state index contributed by atoms with van der Waals surface area (Å²) in [5.41, 5.74) is 5.24. The highest BCUT2D eigenvalue weighted by Gasteiger charge is 2.38. The second kappa shape index (κ2) is 5.33. The number of nitrogens with zero attached hydrogens (tertiary/aromatic N) is 1. The molecule has 0 unspecified atom stereocenters. The van der Waals surface area contributed by atoms with Gasteiger partial charge in [-0.1, -0.05) is 25.1 Å². The van der Waals surface area contributed by atoms with Gasteiger partial charge in [0.2, 0.25) is 0 Å². The molecule has 16 heavy (non-hydrogen) atoms. The molecule has 0 spiro atoms. The first-order chi connectivity index (χ1) is 7.35. The average Bonchev–Trinajstić information content (AvgIpc) is 2.65. The van der Waals surface area contributed by atoms with E-state index in [-0.39, 0.29) is 17.6 Å². The maximum atomic E-state index is 12.5. The summed E-state index contributed by atoms with van der Waals surface area (Å²) in [5.74, 6) is -3.41. The Kier molecular flexibility index (Phi) is 4.57. The molecule has 4 nitrogen and oxygen atoms in total. The molecule has 0 saturated heterocycles. The predicted molar refractivity (Wildman–Crippen MR) is 60.7 cm³/mol. The molecule has 1 rings (SSSR count). The highest BCUT2D eigenvalue weighted by Crippen LogP contribution is 2.27. The summed E-state index contributed by atoms with van der Waals surface area (Å²) in [6.07, 6.45) is 2.87. The van der Waals surface area contributed by atoms with E-state index in [2.05, 4.69) is 12.2 Å². The molecule has 0 bridgehead atoms. The van der Waals surface area contributed by atoms with Crippen LogP contribution in [0.3, 0.4) is 0 Å². The van der Waals surface area contributed by atoms with Crippen LogP contribution in [0.5, 0.6) is 0 Å². The van der Waals surface area contributed by atoms with Crippen LogP contribution in [0.25, 0.3) is 0 Å². The van der Waals surface area contributed by atoms with E-state index in [1.807, 2.05) is 0 Å². The summed E-state index contributed by atoms with van der Waals surface area (Å²) in [4.78, 5) is -0.0869. The van der Waals surface area contributed by atoms with Gasteiger partial charge < -0.3 is 5.73 Å². The van der Waals surface area contributed by atoms with Crippen molar-refractivity contribution in [2.75, 3.05) is 6.54 Å². The summed E-state index contributed by atoms with van der Waals surface area (Å²) < 4.78 is 48.5. The fraction of sp³-hybridized carbons (Fsp3) is 0.875. The summed E-state index contributed by atoms with van der Waals surface area (Å²) in [6.45, 7) is -0.299. The number of hydrogen-bond donors (Lipinski definition) is 1. The van der Waals surface area contributed by atoms with Crippen molar-refractivity contribution < 1.29 is 17.2 Å². The topological polar surface area (TPSA) is 63.4 Å². The zero-order valence-electron chi connectivity index (χ0n) is 8.60. The van der Waals surface area contributed by atoms with Gasteiger partial charge in [0.05, 0.1) is 11.5 Å². The molecule has 0 aromatic rings. The fourth-order valence-corrected chi connectivity index (χ4v) is 3.25. The Morgan fingerprint density at radius 3 is 2.31 bits per heavy atom. The third-order valence-corrected chi connectivity index (χ3v) is 4.26. The number of rotatable bonds is 5. The summed E-state index contributed by atoms with van der Waals surface area (Å²) in [5, 5.41) is 0. The SMILES string of the molecule is NC(=S)CN(C1CCCC1)S(=O)(=O)C(F)F. The zero-order chi connectivity index (χ0) is 12.3. The third-order valence-electron chi connectivity index (χ3n) is 2.60. The Labute approximate surface area is 98.8 Å². The minimum Gasteiger partial charge on any atom is -0.392 e. The summed E-state index contributed by atoms with van der Waals surface area (Å²) in [6, 6.07) is -0.388. The zero-order valence-corrected chi connectivity index (χ0v) is 10.2. The van der Waals surface area contributed by atoms with Crippen molar-refractivity contribution in [1.82, 2.24) is 4.31 Å². The first-order valence-electron chi connectivity index (χ1n) is 4.93. The highest BCUT2D eigenvalue weighted by molar-refractivity contribution is 7.89. The lowest BCUT2D eigenvalue weighted by molar-refractivity contribution is 0.213. The Morgan fingerprint density at radius 2 is 1.94 bits per heavy atom. The van der Waals surface area contributed by atoms with Crippen molar-refractivity contribution in [2.24, 2.45) is 5.73 Å². The van der Waals surface area contributed by atoms with Gasteiger partial charge in [-0.3, -0.25) is 0 Å². The number of halogens is 2. The molecule has 1 fully saturated rings. The molecule has 0 amide bonds. The van der Waals surface area contributed by atoms with E-state index < -0.39 is 15.8 Å². The maximum absolute atomic E-state index is 12.5. The first kappa shape index (κ1) is 13.7. The van der Waals surface area contributed by atoms with Gasteiger partial charge in [0.1, 0.15) is 0 Å². The van der Waals surface area contributed by atoms with Gasteiger partial charge in [-0.2, -0.15) is 13.1 Å². The number of hydrogen-bond acceptors (Lipinski definition) is 3. The van der Waals surface area contributed by atoms with E-state index in [0.717, 1.165) is 17.1 Å². The fourth-order valence-electron chi connectivity index (χ4n) is 1.88. The number of sulfonamides is 1. The van der Waals surface area contributed by atoms with E-state index in [9.17, 15) is 17.2 Å². The predicted octanol–water partition coefficient (Wildman–Crippen LogP) is 1.07. The van der Waals surface area contributed by atoms with E-state index >= 15 is 0 Å². The van der Waals surface area contributed by atoms with Crippen LogP contribution in [0, 0.1) is 0 Å². The van der Waals surface area contributed by atoms with Crippen LogP contribution < -0.4 is 5.73 Å². The molecule has 2 N–H and O–H groups in total. The lowest BCUT2D eigenvalue weighted by Crippen LogP contribution is -2.45. The molecule has 0 aromatic heterocycles. The average molecular weight is 272 g/mol. The molecule has 0 aromatic carbocycles. The van der Waals surface area contributed by atoms with Crippen LogP contribution in [0.1, 0.15) is 25.7 Å². The molecule has 8 heteroatoms. The molecular weight excluding hydrogens is 258 g/mol. The highest BCUT2D eigenvalue weighted by atomic mass is 32.2. The van der Waals surface area contributed by atoms with E-state index in [4.69, 9.17) is 5.73 Å². The number of alkyl halides is 2. The third kappa shape index (κ3) is 3.08. The molecule has 0 heterocycles. The van der Waals surface area contributed by atoms with E-state index in [0.29, 0.717) is 12.8 Å². The molecule has 0 radical (unpaired) electrons. The monoisotopic (exact) mass is 272 g/mol. The molecule has 1 aliphatic carbocycles. The molecule has 1 saturated carbocycles. The van der Waals surface area contributed by atoms with Crippen LogP contribution >= 0.6 is 12.2 Å². The summed E-state index contributed by atoms with van der Waals surface area (Å²) in [7, 11) is -4.58. The Balaban J connectivity index is 2.90. The minimum atomic E-state index is -4.58. The lowest BCUT2D eigenvalue weighted by atomic mass is 10.2. The van der Waals surface area contributed by atoms with Gasteiger partial charge >= 0.3 is 5.76 Å². The summed E-state index contributed by atoms with van der Waals surface area (Å²) >= 11 is 4.59. The first-order valence-corrected chi connectivity index (χ1v) is 6.84. The van der Waals surface area contributed by atoms with Crippen LogP contribution in [0.4, 0.5) is 8.78 Å². The normalized spacial score (nSPS) is 18.5. The molecule has 0 aliphatic heterocycles. The van der Waals surface area contributed by atoms with Crippen LogP contribution in [-0.2, 0) is 10.0 Å². The molecule has 94 valence electrons. The Bertz CT molecular complexity index is 353. The quantitative estimate of drug-likeness (QED) is 0.760. The van der Waals surface area contributed by atoms with Crippen molar-refractivity contribution in [2.45, 2.75) is 37.5 Å². The van der Waals surface area contributed by atoms with Crippen molar-refractivity contribution in [3.05, 3.63) is 0 Å². The minimum absolute atomic E-state index is 0.0869. The van der Waals surface area contributed by atoms with Gasteiger partial charge in [-0.15, -0.1) is 0 Å². The number of nitrogens with two attached hydrogens (primary N) is 1. The van der Waals surface area contributed by atoms with Gasteiger partial charge in [-0.05, 0) is 12.8 Å². The van der Waals surface area contributed by atoms with Gasteiger partial charge in [0, 0.05) is 6.04 Å². The van der Waals surface area contributed by atoms with Crippen molar-refractivity contribution in [1.29, 1.82) is 0 Å². The van der Waals surface area contributed by atoms with Crippen molar-refractivity contribution in [3.63, 3.8) is 0 Å². The van der Waals surface area contributed by atoms with Gasteiger partial charge in [0.15, 0.2) is 0 Å². The maximum Gasteiger partial charge on any atom is 0.350 e. The molecule has 1 aliphatic rings. The lowest BCUT2D eigenvalue weighted by Gasteiger charge is -2.26. The molecular formula is C8H14F2N2O2S2. The van der Waals surface area contributed by atoms with E-state index in [1.54, 1.807) is 0 Å². The van der Waals surface area contributed by atoms with Crippen molar-refractivity contribution in [3.8, 4) is 0 Å². The Hall–Kier alpha value is -0.340. The van der Waals surface area contributed by atoms with Crippen LogP contribution in [0.15, 0.2) is 0 Å². The standard InChI is InChI=1S/C8H14F2N2O2S2/c9-8(10)16(13,14)12(5-7(11)15)6-3-1-2-4-6/h6,8H,1-5H2,(H2,11,15). The van der Waals surface area contributed by atoms with E-state index in [1.165, 1.54) is 0 Å². The molecule has 0 atom stereocenters. The smallest absolute Gasteiger partial charge is 0.350 e. The van der Waals surface area contributed by atoms with Crippen LogP contribution in [-0.4, -0.2) is 36.1 Å². The van der Waals surface area contributed by atoms with Crippen molar-refractivity contribution >= 4 is 27.2 Å². The number of thiocarbonyl (C=S) groups is 1. The second-order valence-corrected chi connectivity index (χ2v) is 6.14. The Morgan fingerprint density at radius 1 is 1.44 bits per heavy atom. The van der Waals surface area contributed by atoms with Gasteiger partial charge in [-0.25, -0.2) is 8.42 Å². The van der Waals surface area contributed by atoms with Gasteiger partial charge in [0.25, 0.3) is 10.0 Å². The second-order valence-electron chi connectivity index (χ2n) is 3.76. The largest absolute Gasteiger partial charge is 0.392 e. The van der Waals surface area contributed by atoms with Crippen LogP contribution in [0.2, 0.25) is 0 Å².